The number of hydrogen-bond donors (Lipinski definition) is 2. The molecule has 0 aliphatic carbocycles. The van der Waals surface area contributed by atoms with Gasteiger partial charge in [-0.3, -0.25) is 14.2 Å². The Balaban J connectivity index is 1.29. The number of benzene rings is 2. The molecule has 184 valence electrons. The quantitative estimate of drug-likeness (QED) is 0.599. The van der Waals surface area contributed by atoms with E-state index in [0.717, 1.165) is 37.9 Å². The van der Waals surface area contributed by atoms with Crippen molar-refractivity contribution in [3.8, 4) is 0 Å². The Morgan fingerprint density at radius 2 is 1.86 bits per heavy atom. The van der Waals surface area contributed by atoms with Crippen LogP contribution in [-0.2, 0) is 19.5 Å². The van der Waals surface area contributed by atoms with Gasteiger partial charge in [-0.25, -0.2) is 9.37 Å². The summed E-state index contributed by atoms with van der Waals surface area (Å²) in [6, 6.07) is 9.97. The van der Waals surface area contributed by atoms with Gasteiger partial charge in [-0.2, -0.15) is 0 Å². The van der Waals surface area contributed by atoms with Crippen LogP contribution in [-0.4, -0.2) is 39.8 Å². The zero-order valence-electron chi connectivity index (χ0n) is 19.8. The fourth-order valence-electron chi connectivity index (χ4n) is 5.04. The Bertz CT molecular complexity index is 1300. The standard InChI is InChI=1S/C27H31FN4O3/c28-22-15-18(6-9-24(22)31-13-10-20(33)11-14-31)17-29-26(34)19-7-8-21-23(16-19)30-25-5-3-1-2-4-12-32(25)27(21)35/h6-9,15-16,20,33H,1-5,10-14,17H2,(H,29,34). The molecule has 5 rings (SSSR count). The minimum Gasteiger partial charge on any atom is -0.393 e. The number of piperidine rings is 1. The van der Waals surface area contributed by atoms with Gasteiger partial charge in [-0.05, 0) is 61.6 Å². The number of nitrogens with one attached hydrogen (secondary N) is 1. The van der Waals surface area contributed by atoms with Crippen LogP contribution in [0.25, 0.3) is 10.9 Å². The van der Waals surface area contributed by atoms with Crippen LogP contribution in [0.3, 0.4) is 0 Å². The summed E-state index contributed by atoms with van der Waals surface area (Å²) in [6.45, 7) is 2.12. The van der Waals surface area contributed by atoms with E-state index in [9.17, 15) is 19.1 Å². The SMILES string of the molecule is O=C(NCc1ccc(N2CCC(O)CC2)c(F)c1)c1ccc2c(=O)n3c(nc2c1)CCCCCC3. The number of aromatic nitrogens is 2. The van der Waals surface area contributed by atoms with E-state index in [1.54, 1.807) is 28.8 Å². The lowest BCUT2D eigenvalue weighted by atomic mass is 10.1. The smallest absolute Gasteiger partial charge is 0.261 e. The highest BCUT2D eigenvalue weighted by Gasteiger charge is 2.20. The lowest BCUT2D eigenvalue weighted by Gasteiger charge is -2.31. The van der Waals surface area contributed by atoms with Gasteiger partial charge in [0, 0.05) is 38.2 Å². The van der Waals surface area contributed by atoms with Crippen molar-refractivity contribution in [1.82, 2.24) is 14.9 Å². The number of amides is 1. The summed E-state index contributed by atoms with van der Waals surface area (Å²) in [5.74, 6) is 0.161. The van der Waals surface area contributed by atoms with Crippen LogP contribution >= 0.6 is 0 Å². The van der Waals surface area contributed by atoms with Gasteiger partial charge in [0.15, 0.2) is 0 Å². The van der Waals surface area contributed by atoms with E-state index in [1.807, 2.05) is 11.0 Å². The third-order valence-corrected chi connectivity index (χ3v) is 7.10. The fraction of sp³-hybridized carbons (Fsp3) is 0.444. The van der Waals surface area contributed by atoms with Gasteiger partial charge >= 0.3 is 0 Å². The molecule has 8 heteroatoms. The molecule has 0 bridgehead atoms. The molecule has 2 N–H and O–H groups in total. The summed E-state index contributed by atoms with van der Waals surface area (Å²) >= 11 is 0. The predicted octanol–water partition coefficient (Wildman–Crippen LogP) is 3.54. The van der Waals surface area contributed by atoms with Crippen molar-refractivity contribution < 1.29 is 14.3 Å². The number of carbonyl (C=O) groups excluding carboxylic acids is 1. The van der Waals surface area contributed by atoms with Crippen LogP contribution in [0.2, 0.25) is 0 Å². The molecule has 3 heterocycles. The zero-order valence-corrected chi connectivity index (χ0v) is 19.8. The molecule has 0 atom stereocenters. The molecule has 1 fully saturated rings. The van der Waals surface area contributed by atoms with Crippen LogP contribution in [0.1, 0.15) is 60.3 Å². The third-order valence-electron chi connectivity index (χ3n) is 7.10. The Hall–Kier alpha value is -3.26. The molecular weight excluding hydrogens is 447 g/mol. The highest BCUT2D eigenvalue weighted by Crippen LogP contribution is 2.24. The molecule has 1 aromatic heterocycles. The van der Waals surface area contributed by atoms with Crippen molar-refractivity contribution in [1.29, 1.82) is 0 Å². The van der Waals surface area contributed by atoms with Crippen molar-refractivity contribution in [2.45, 2.75) is 64.1 Å². The van der Waals surface area contributed by atoms with E-state index in [-0.39, 0.29) is 29.9 Å². The summed E-state index contributed by atoms with van der Waals surface area (Å²) in [4.78, 5) is 32.5. The number of rotatable bonds is 4. The van der Waals surface area contributed by atoms with Crippen molar-refractivity contribution >= 4 is 22.5 Å². The van der Waals surface area contributed by atoms with Crippen molar-refractivity contribution in [3.63, 3.8) is 0 Å². The van der Waals surface area contributed by atoms with Crippen LogP contribution in [0.5, 0.6) is 0 Å². The molecule has 1 amide bonds. The second-order valence-corrected chi connectivity index (χ2v) is 9.57. The molecular formula is C27H31FN4O3. The van der Waals surface area contributed by atoms with Crippen molar-refractivity contribution in [3.05, 3.63) is 69.5 Å². The van der Waals surface area contributed by atoms with Gasteiger partial charge < -0.3 is 15.3 Å². The summed E-state index contributed by atoms with van der Waals surface area (Å²) in [7, 11) is 0. The summed E-state index contributed by atoms with van der Waals surface area (Å²) in [5, 5.41) is 13.0. The first-order valence-corrected chi connectivity index (χ1v) is 12.5. The van der Waals surface area contributed by atoms with Crippen molar-refractivity contribution in [2.24, 2.45) is 0 Å². The average molecular weight is 479 g/mol. The number of aryl methyl sites for hydroxylation is 1. The molecule has 0 unspecified atom stereocenters. The number of halogens is 1. The molecule has 1 saturated heterocycles. The maximum atomic E-state index is 14.7. The highest BCUT2D eigenvalue weighted by molar-refractivity contribution is 5.97. The van der Waals surface area contributed by atoms with Crippen LogP contribution in [0, 0.1) is 5.82 Å². The predicted molar refractivity (Wildman–Crippen MR) is 133 cm³/mol. The normalized spacial score (nSPS) is 17.0. The summed E-state index contributed by atoms with van der Waals surface area (Å²) in [5.41, 5.74) is 2.10. The lowest BCUT2D eigenvalue weighted by Crippen LogP contribution is -2.36. The molecule has 35 heavy (non-hydrogen) atoms. The van der Waals surface area contributed by atoms with Crippen LogP contribution < -0.4 is 15.8 Å². The first-order valence-electron chi connectivity index (χ1n) is 12.5. The highest BCUT2D eigenvalue weighted by atomic mass is 19.1. The van der Waals surface area contributed by atoms with E-state index >= 15 is 0 Å². The second-order valence-electron chi connectivity index (χ2n) is 9.57. The van der Waals surface area contributed by atoms with Gasteiger partial charge in [-0.1, -0.05) is 18.9 Å². The van der Waals surface area contributed by atoms with E-state index in [0.29, 0.717) is 60.2 Å². The second kappa shape index (κ2) is 10.2. The molecule has 0 saturated carbocycles. The van der Waals surface area contributed by atoms with Gasteiger partial charge in [0.05, 0.1) is 22.7 Å². The minimum atomic E-state index is -0.333. The lowest BCUT2D eigenvalue weighted by molar-refractivity contribution is 0.0951. The maximum absolute atomic E-state index is 14.7. The first-order chi connectivity index (χ1) is 17.0. The number of nitrogens with zero attached hydrogens (tertiary/aromatic N) is 3. The molecule has 7 nitrogen and oxygen atoms in total. The first kappa shape index (κ1) is 23.5. The van der Waals surface area contributed by atoms with Gasteiger partial charge in [0.2, 0.25) is 0 Å². The summed E-state index contributed by atoms with van der Waals surface area (Å²) < 4.78 is 16.5. The van der Waals surface area contributed by atoms with Gasteiger partial charge in [0.25, 0.3) is 11.5 Å². The molecule has 3 aromatic rings. The van der Waals surface area contributed by atoms with Crippen LogP contribution in [0.4, 0.5) is 10.1 Å². The molecule has 0 spiro atoms. The van der Waals surface area contributed by atoms with E-state index in [1.165, 1.54) is 6.07 Å². The number of anilines is 1. The fourth-order valence-corrected chi connectivity index (χ4v) is 5.04. The van der Waals surface area contributed by atoms with E-state index in [2.05, 4.69) is 5.32 Å². The molecule has 2 aromatic carbocycles. The van der Waals surface area contributed by atoms with Gasteiger partial charge in [-0.15, -0.1) is 0 Å². The Kier molecular flexibility index (Phi) is 6.81. The number of carbonyl (C=O) groups is 1. The number of aliphatic hydroxyl groups excluding tert-OH is 1. The molecule has 2 aliphatic heterocycles. The number of fused-ring (bicyclic) bond motifs is 2. The number of aliphatic hydroxyl groups is 1. The Labute approximate surface area is 203 Å². The van der Waals surface area contributed by atoms with Crippen LogP contribution in [0.15, 0.2) is 41.2 Å². The topological polar surface area (TPSA) is 87.5 Å². The Morgan fingerprint density at radius 1 is 1.06 bits per heavy atom. The monoisotopic (exact) mass is 478 g/mol. The minimum absolute atomic E-state index is 0.0439. The van der Waals surface area contributed by atoms with E-state index < -0.39 is 0 Å². The summed E-state index contributed by atoms with van der Waals surface area (Å²) in [6.07, 6.45) is 5.96. The molecule has 2 aliphatic rings. The maximum Gasteiger partial charge on any atom is 0.261 e. The Morgan fingerprint density at radius 3 is 2.66 bits per heavy atom. The largest absolute Gasteiger partial charge is 0.393 e. The van der Waals surface area contributed by atoms with Gasteiger partial charge in [0.1, 0.15) is 11.6 Å². The average Bonchev–Trinajstić information content (AvgIpc) is 2.84. The van der Waals surface area contributed by atoms with Crippen molar-refractivity contribution in [2.75, 3.05) is 18.0 Å². The molecule has 0 radical (unpaired) electrons. The number of hydrogen-bond acceptors (Lipinski definition) is 5. The third kappa shape index (κ3) is 5.07. The van der Waals surface area contributed by atoms with E-state index in [4.69, 9.17) is 4.98 Å². The zero-order chi connectivity index (χ0) is 24.4.